The van der Waals surface area contributed by atoms with Gasteiger partial charge in [-0.25, -0.2) is 4.98 Å². The van der Waals surface area contributed by atoms with Crippen LogP contribution in [-0.4, -0.2) is 40.8 Å². The molecule has 1 aliphatic rings. The number of amides is 2. The molecule has 1 N–H and O–H groups in total. The minimum Gasteiger partial charge on any atom is -0.349 e. The van der Waals surface area contributed by atoms with Gasteiger partial charge in [0.15, 0.2) is 0 Å². The number of likely N-dealkylation sites (tertiary alicyclic amines) is 1. The highest BCUT2D eigenvalue weighted by molar-refractivity contribution is 7.18. The Balaban J connectivity index is 1.40. The number of carbonyl (C=O) groups excluding carboxylic acids is 2. The van der Waals surface area contributed by atoms with Crippen molar-refractivity contribution in [2.24, 2.45) is 5.41 Å². The first kappa shape index (κ1) is 23.4. The number of rotatable bonds is 7. The minimum atomic E-state index is -0.425. The number of para-hydroxylation sites is 1. The van der Waals surface area contributed by atoms with Gasteiger partial charge in [-0.1, -0.05) is 44.2 Å². The van der Waals surface area contributed by atoms with Gasteiger partial charge in [0.25, 0.3) is 5.91 Å². The van der Waals surface area contributed by atoms with Gasteiger partial charge in [0, 0.05) is 31.1 Å². The van der Waals surface area contributed by atoms with E-state index < -0.39 is 5.41 Å². The SMILES string of the molecule is CCC(CC)(Cc1nc2ccccc2s1)C(=O)N1CCC(NC(=O)c2ccccc2C)CC1. The number of thiazole rings is 1. The van der Waals surface area contributed by atoms with Gasteiger partial charge in [0.2, 0.25) is 5.91 Å². The van der Waals surface area contributed by atoms with Gasteiger partial charge in [0.05, 0.1) is 20.6 Å². The van der Waals surface area contributed by atoms with Crippen LogP contribution in [-0.2, 0) is 11.2 Å². The molecule has 1 aliphatic heterocycles. The van der Waals surface area contributed by atoms with Gasteiger partial charge in [-0.15, -0.1) is 11.3 Å². The highest BCUT2D eigenvalue weighted by Gasteiger charge is 2.40. The van der Waals surface area contributed by atoms with Crippen molar-refractivity contribution in [2.75, 3.05) is 13.1 Å². The summed E-state index contributed by atoms with van der Waals surface area (Å²) in [6.07, 6.45) is 3.84. The van der Waals surface area contributed by atoms with E-state index in [1.807, 2.05) is 54.3 Å². The van der Waals surface area contributed by atoms with E-state index in [9.17, 15) is 9.59 Å². The summed E-state index contributed by atoms with van der Waals surface area (Å²) in [5.41, 5.74) is 2.29. The smallest absolute Gasteiger partial charge is 0.251 e. The van der Waals surface area contributed by atoms with Crippen molar-refractivity contribution in [2.45, 2.75) is 58.9 Å². The number of hydrogen-bond donors (Lipinski definition) is 1. The zero-order valence-corrected chi connectivity index (χ0v) is 20.6. The van der Waals surface area contributed by atoms with E-state index >= 15 is 0 Å². The molecule has 0 aliphatic carbocycles. The van der Waals surface area contributed by atoms with Crippen LogP contribution in [0.5, 0.6) is 0 Å². The molecule has 0 unspecified atom stereocenters. The molecule has 3 aromatic rings. The van der Waals surface area contributed by atoms with Crippen LogP contribution in [0, 0.1) is 12.3 Å². The Bertz CT molecular complexity index is 1090. The van der Waals surface area contributed by atoms with E-state index in [1.165, 1.54) is 4.70 Å². The van der Waals surface area contributed by atoms with Gasteiger partial charge in [-0.05, 0) is 56.4 Å². The molecular weight excluding hydrogens is 430 g/mol. The van der Waals surface area contributed by atoms with E-state index in [4.69, 9.17) is 4.98 Å². The molecule has 5 nitrogen and oxygen atoms in total. The van der Waals surface area contributed by atoms with Crippen molar-refractivity contribution < 1.29 is 9.59 Å². The summed E-state index contributed by atoms with van der Waals surface area (Å²) in [7, 11) is 0. The first-order valence-electron chi connectivity index (χ1n) is 12.0. The number of benzene rings is 2. The summed E-state index contributed by atoms with van der Waals surface area (Å²) in [5.74, 6) is 0.209. The molecule has 2 aromatic carbocycles. The first-order valence-corrected chi connectivity index (χ1v) is 12.8. The fourth-order valence-electron chi connectivity index (χ4n) is 4.82. The van der Waals surface area contributed by atoms with Crippen molar-refractivity contribution in [3.8, 4) is 0 Å². The third-order valence-electron chi connectivity index (χ3n) is 7.14. The summed E-state index contributed by atoms with van der Waals surface area (Å²) in [4.78, 5) is 33.2. The Kier molecular flexibility index (Phi) is 7.13. The molecule has 1 fully saturated rings. The largest absolute Gasteiger partial charge is 0.349 e. The van der Waals surface area contributed by atoms with Crippen molar-refractivity contribution in [1.82, 2.24) is 15.2 Å². The van der Waals surface area contributed by atoms with E-state index in [0.717, 1.165) is 47.3 Å². The Labute approximate surface area is 200 Å². The zero-order valence-electron chi connectivity index (χ0n) is 19.8. The standard InChI is InChI=1S/C27H33N3O2S/c1-4-27(5-2,18-24-29-22-12-8-9-13-23(22)33-24)26(32)30-16-14-20(15-17-30)28-25(31)21-11-7-6-10-19(21)3/h6-13,20H,4-5,14-18H2,1-3H3,(H,28,31). The minimum absolute atomic E-state index is 0.0230. The number of aryl methyl sites for hydroxylation is 1. The maximum atomic E-state index is 13.7. The third-order valence-corrected chi connectivity index (χ3v) is 8.18. The van der Waals surface area contributed by atoms with Crippen LogP contribution < -0.4 is 5.32 Å². The quantitative estimate of drug-likeness (QED) is 0.512. The van der Waals surface area contributed by atoms with Gasteiger partial charge < -0.3 is 10.2 Å². The molecule has 2 heterocycles. The van der Waals surface area contributed by atoms with Crippen LogP contribution in [0.4, 0.5) is 0 Å². The Hall–Kier alpha value is -2.73. The predicted molar refractivity (Wildman–Crippen MR) is 135 cm³/mol. The fraction of sp³-hybridized carbons (Fsp3) is 0.444. The summed E-state index contributed by atoms with van der Waals surface area (Å²) in [6, 6.07) is 15.9. The topological polar surface area (TPSA) is 62.3 Å². The summed E-state index contributed by atoms with van der Waals surface area (Å²) in [6.45, 7) is 7.54. The number of nitrogens with one attached hydrogen (secondary N) is 1. The van der Waals surface area contributed by atoms with E-state index in [-0.39, 0.29) is 17.9 Å². The van der Waals surface area contributed by atoms with Crippen molar-refractivity contribution in [1.29, 1.82) is 0 Å². The normalized spacial score (nSPS) is 15.1. The van der Waals surface area contributed by atoms with Crippen molar-refractivity contribution in [3.63, 3.8) is 0 Å². The first-order chi connectivity index (χ1) is 16.0. The van der Waals surface area contributed by atoms with E-state index in [2.05, 4.69) is 25.2 Å². The predicted octanol–water partition coefficient (Wildman–Crippen LogP) is 5.37. The monoisotopic (exact) mass is 463 g/mol. The highest BCUT2D eigenvalue weighted by atomic mass is 32.1. The second kappa shape index (κ2) is 10.0. The molecule has 4 rings (SSSR count). The van der Waals surface area contributed by atoms with Crippen LogP contribution in [0.3, 0.4) is 0 Å². The zero-order chi connectivity index (χ0) is 23.4. The molecule has 0 radical (unpaired) electrons. The lowest BCUT2D eigenvalue weighted by molar-refractivity contribution is -0.144. The molecule has 0 saturated carbocycles. The second-order valence-electron chi connectivity index (χ2n) is 9.09. The fourth-order valence-corrected chi connectivity index (χ4v) is 5.93. The third kappa shape index (κ3) is 4.96. The van der Waals surface area contributed by atoms with Crippen LogP contribution >= 0.6 is 11.3 Å². The molecule has 33 heavy (non-hydrogen) atoms. The Morgan fingerprint density at radius 1 is 1.06 bits per heavy atom. The molecule has 0 spiro atoms. The van der Waals surface area contributed by atoms with Gasteiger partial charge in [0.1, 0.15) is 0 Å². The number of aromatic nitrogens is 1. The highest BCUT2D eigenvalue weighted by Crippen LogP contribution is 2.36. The lowest BCUT2D eigenvalue weighted by Gasteiger charge is -2.39. The number of nitrogens with zero attached hydrogens (tertiary/aromatic N) is 2. The van der Waals surface area contributed by atoms with Crippen LogP contribution in [0.15, 0.2) is 48.5 Å². The molecule has 174 valence electrons. The number of hydrogen-bond acceptors (Lipinski definition) is 4. The lowest BCUT2D eigenvalue weighted by atomic mass is 9.77. The van der Waals surface area contributed by atoms with Gasteiger partial charge >= 0.3 is 0 Å². The summed E-state index contributed by atoms with van der Waals surface area (Å²) >= 11 is 1.70. The lowest BCUT2D eigenvalue weighted by Crippen LogP contribution is -2.51. The van der Waals surface area contributed by atoms with E-state index in [0.29, 0.717) is 19.5 Å². The van der Waals surface area contributed by atoms with Crippen LogP contribution in [0.2, 0.25) is 0 Å². The average molecular weight is 464 g/mol. The molecule has 1 saturated heterocycles. The summed E-state index contributed by atoms with van der Waals surface area (Å²) < 4.78 is 1.17. The molecule has 0 atom stereocenters. The molecular formula is C27H33N3O2S. The Morgan fingerprint density at radius 2 is 1.73 bits per heavy atom. The Morgan fingerprint density at radius 3 is 2.39 bits per heavy atom. The number of carbonyl (C=O) groups is 2. The van der Waals surface area contributed by atoms with Crippen molar-refractivity contribution in [3.05, 3.63) is 64.7 Å². The van der Waals surface area contributed by atoms with E-state index in [1.54, 1.807) is 11.3 Å². The molecule has 1 aromatic heterocycles. The maximum absolute atomic E-state index is 13.7. The maximum Gasteiger partial charge on any atom is 0.251 e. The number of fused-ring (bicyclic) bond motifs is 1. The van der Waals surface area contributed by atoms with Crippen LogP contribution in [0.25, 0.3) is 10.2 Å². The second-order valence-corrected chi connectivity index (χ2v) is 10.2. The number of piperidine rings is 1. The molecule has 6 heteroatoms. The molecule has 0 bridgehead atoms. The average Bonchev–Trinajstić information content (AvgIpc) is 3.25. The van der Waals surface area contributed by atoms with Gasteiger partial charge in [-0.3, -0.25) is 9.59 Å². The van der Waals surface area contributed by atoms with Crippen LogP contribution in [0.1, 0.15) is 60.5 Å². The van der Waals surface area contributed by atoms with Crippen molar-refractivity contribution >= 4 is 33.4 Å². The van der Waals surface area contributed by atoms with Gasteiger partial charge in [-0.2, -0.15) is 0 Å². The molecule has 2 amide bonds. The summed E-state index contributed by atoms with van der Waals surface area (Å²) in [5, 5.41) is 4.21.